The number of carbonyl (C=O) groups excluding carboxylic acids is 1. The SMILES string of the molecule is CC(C)(C)OC(=O)N1C=CC=C[C@H]1COc1cnc(Cl)c(C#N)c1. The van der Waals surface area contributed by atoms with Crippen molar-refractivity contribution in [1.29, 1.82) is 5.26 Å². The number of aromatic nitrogens is 1. The molecule has 0 fully saturated rings. The van der Waals surface area contributed by atoms with Crippen molar-refractivity contribution in [2.45, 2.75) is 32.4 Å². The lowest BCUT2D eigenvalue weighted by atomic mass is 10.2. The Labute approximate surface area is 145 Å². The molecule has 2 heterocycles. The van der Waals surface area contributed by atoms with Crippen LogP contribution in [0.4, 0.5) is 4.79 Å². The van der Waals surface area contributed by atoms with E-state index in [2.05, 4.69) is 4.98 Å². The van der Waals surface area contributed by atoms with Crippen LogP contribution < -0.4 is 4.74 Å². The Morgan fingerprint density at radius 1 is 1.46 bits per heavy atom. The fraction of sp³-hybridized carbons (Fsp3) is 0.353. The van der Waals surface area contributed by atoms with Gasteiger partial charge in [0.1, 0.15) is 29.2 Å². The molecular formula is C17H18ClN3O3. The van der Waals surface area contributed by atoms with Crippen LogP contribution in [0.2, 0.25) is 5.15 Å². The van der Waals surface area contributed by atoms with Crippen LogP contribution in [-0.2, 0) is 4.74 Å². The van der Waals surface area contributed by atoms with E-state index in [0.29, 0.717) is 5.75 Å². The van der Waals surface area contributed by atoms with E-state index in [4.69, 9.17) is 26.3 Å². The second-order valence-corrected chi connectivity index (χ2v) is 6.47. The Hall–Kier alpha value is -2.52. The molecule has 6 nitrogen and oxygen atoms in total. The molecule has 0 saturated heterocycles. The fourth-order valence-corrected chi connectivity index (χ4v) is 2.10. The van der Waals surface area contributed by atoms with Crippen LogP contribution >= 0.6 is 11.6 Å². The minimum absolute atomic E-state index is 0.126. The maximum absolute atomic E-state index is 12.3. The second-order valence-electron chi connectivity index (χ2n) is 6.11. The maximum atomic E-state index is 12.3. The molecule has 0 aromatic carbocycles. The molecule has 2 rings (SSSR count). The van der Waals surface area contributed by atoms with Crippen LogP contribution in [0.5, 0.6) is 5.75 Å². The number of rotatable bonds is 3. The Bertz CT molecular complexity index is 717. The highest BCUT2D eigenvalue weighted by Gasteiger charge is 2.27. The Morgan fingerprint density at radius 3 is 2.88 bits per heavy atom. The summed E-state index contributed by atoms with van der Waals surface area (Å²) in [5.74, 6) is 0.406. The number of nitriles is 1. The number of amides is 1. The van der Waals surface area contributed by atoms with Gasteiger partial charge in [-0.1, -0.05) is 23.8 Å². The van der Waals surface area contributed by atoms with E-state index in [1.54, 1.807) is 12.3 Å². The van der Waals surface area contributed by atoms with Gasteiger partial charge in [-0.25, -0.2) is 9.78 Å². The Kier molecular flexibility index (Phi) is 5.47. The topological polar surface area (TPSA) is 75.4 Å². The van der Waals surface area contributed by atoms with Gasteiger partial charge in [0.25, 0.3) is 0 Å². The summed E-state index contributed by atoms with van der Waals surface area (Å²) in [4.78, 5) is 17.6. The van der Waals surface area contributed by atoms with Crippen molar-refractivity contribution in [1.82, 2.24) is 9.88 Å². The zero-order valence-corrected chi connectivity index (χ0v) is 14.4. The van der Waals surface area contributed by atoms with E-state index in [9.17, 15) is 4.79 Å². The first kappa shape index (κ1) is 17.8. The minimum atomic E-state index is -0.584. The lowest BCUT2D eigenvalue weighted by Crippen LogP contribution is -2.42. The molecular weight excluding hydrogens is 330 g/mol. The molecule has 1 aliphatic rings. The summed E-state index contributed by atoms with van der Waals surface area (Å²) in [6, 6.07) is 3.12. The number of ether oxygens (including phenoxy) is 2. The second kappa shape index (κ2) is 7.37. The van der Waals surface area contributed by atoms with E-state index in [0.717, 1.165) is 0 Å². The quantitative estimate of drug-likeness (QED) is 0.780. The van der Waals surface area contributed by atoms with Crippen molar-refractivity contribution in [3.8, 4) is 11.8 Å². The standard InChI is InChI=1S/C17H18ClN3O3/c1-17(2,3)24-16(22)21-7-5-4-6-13(21)11-23-14-8-12(9-19)15(18)20-10-14/h4-8,10,13H,11H2,1-3H3/t13-/m0/s1. The lowest BCUT2D eigenvalue weighted by molar-refractivity contribution is 0.0263. The van der Waals surface area contributed by atoms with Crippen LogP contribution in [0.15, 0.2) is 36.7 Å². The summed E-state index contributed by atoms with van der Waals surface area (Å²) < 4.78 is 11.0. The van der Waals surface area contributed by atoms with Gasteiger partial charge >= 0.3 is 6.09 Å². The highest BCUT2D eigenvalue weighted by Crippen LogP contribution is 2.20. The first-order chi connectivity index (χ1) is 11.3. The van der Waals surface area contributed by atoms with Gasteiger partial charge in [-0.2, -0.15) is 5.26 Å². The lowest BCUT2D eigenvalue weighted by Gasteiger charge is -2.30. The highest BCUT2D eigenvalue weighted by molar-refractivity contribution is 6.30. The third-order valence-corrected chi connectivity index (χ3v) is 3.31. The Balaban J connectivity index is 2.05. The molecule has 0 radical (unpaired) electrons. The zero-order chi connectivity index (χ0) is 17.7. The van der Waals surface area contributed by atoms with Crippen molar-refractivity contribution < 1.29 is 14.3 Å². The number of nitrogens with zero attached hydrogens (tertiary/aromatic N) is 3. The fourth-order valence-electron chi connectivity index (χ4n) is 1.95. The minimum Gasteiger partial charge on any atom is -0.489 e. The van der Waals surface area contributed by atoms with Gasteiger partial charge in [0.15, 0.2) is 0 Å². The number of carbonyl (C=O) groups is 1. The molecule has 0 unspecified atom stereocenters. The van der Waals surface area contributed by atoms with Crippen molar-refractivity contribution in [3.05, 3.63) is 47.4 Å². The number of pyridine rings is 1. The summed E-state index contributed by atoms with van der Waals surface area (Å²) >= 11 is 5.79. The number of hydrogen-bond donors (Lipinski definition) is 0. The molecule has 0 N–H and O–H groups in total. The summed E-state index contributed by atoms with van der Waals surface area (Å²) in [6.07, 6.45) is 8.03. The summed E-state index contributed by atoms with van der Waals surface area (Å²) in [5, 5.41) is 9.09. The van der Waals surface area contributed by atoms with Gasteiger partial charge in [0.2, 0.25) is 0 Å². The van der Waals surface area contributed by atoms with Gasteiger partial charge in [-0.15, -0.1) is 0 Å². The maximum Gasteiger partial charge on any atom is 0.415 e. The number of hydrogen-bond acceptors (Lipinski definition) is 5. The first-order valence-corrected chi connectivity index (χ1v) is 7.73. The molecule has 0 spiro atoms. The summed E-state index contributed by atoms with van der Waals surface area (Å²) in [6.45, 7) is 5.61. The smallest absolute Gasteiger partial charge is 0.415 e. The molecule has 1 atom stereocenters. The monoisotopic (exact) mass is 347 g/mol. The van der Waals surface area contributed by atoms with Crippen LogP contribution in [0.3, 0.4) is 0 Å². The largest absolute Gasteiger partial charge is 0.489 e. The van der Waals surface area contributed by atoms with Crippen LogP contribution in [0.25, 0.3) is 0 Å². The van der Waals surface area contributed by atoms with Crippen LogP contribution in [-0.4, -0.2) is 34.2 Å². The van der Waals surface area contributed by atoms with E-state index in [1.807, 2.05) is 39.0 Å². The Morgan fingerprint density at radius 2 is 2.21 bits per heavy atom. The van der Waals surface area contributed by atoms with Gasteiger partial charge < -0.3 is 9.47 Å². The molecule has 0 saturated carbocycles. The van der Waals surface area contributed by atoms with Gasteiger partial charge in [0, 0.05) is 12.3 Å². The molecule has 7 heteroatoms. The molecule has 1 aromatic heterocycles. The number of halogens is 1. The molecule has 1 aromatic rings. The summed E-state index contributed by atoms with van der Waals surface area (Å²) in [7, 11) is 0. The van der Waals surface area contributed by atoms with E-state index < -0.39 is 11.7 Å². The van der Waals surface area contributed by atoms with E-state index >= 15 is 0 Å². The van der Waals surface area contributed by atoms with Gasteiger partial charge in [-0.05, 0) is 26.8 Å². The molecule has 1 amide bonds. The normalized spacial score (nSPS) is 16.6. The average molecular weight is 348 g/mol. The van der Waals surface area contributed by atoms with E-state index in [1.165, 1.54) is 17.2 Å². The van der Waals surface area contributed by atoms with E-state index in [-0.39, 0.29) is 23.4 Å². The molecule has 24 heavy (non-hydrogen) atoms. The zero-order valence-electron chi connectivity index (χ0n) is 13.7. The van der Waals surface area contributed by atoms with Gasteiger partial charge in [0.05, 0.1) is 17.8 Å². The first-order valence-electron chi connectivity index (χ1n) is 7.35. The third kappa shape index (κ3) is 4.74. The van der Waals surface area contributed by atoms with Crippen LogP contribution in [0.1, 0.15) is 26.3 Å². The molecule has 0 aliphatic carbocycles. The predicted octanol–water partition coefficient (Wildman–Crippen LogP) is 3.67. The third-order valence-electron chi connectivity index (χ3n) is 3.01. The van der Waals surface area contributed by atoms with Crippen LogP contribution in [0, 0.1) is 11.3 Å². The van der Waals surface area contributed by atoms with Crippen molar-refractivity contribution >= 4 is 17.7 Å². The van der Waals surface area contributed by atoms with Crippen molar-refractivity contribution in [2.75, 3.05) is 6.61 Å². The predicted molar refractivity (Wildman–Crippen MR) is 89.6 cm³/mol. The number of allylic oxidation sites excluding steroid dienone is 2. The van der Waals surface area contributed by atoms with Crippen molar-refractivity contribution in [3.63, 3.8) is 0 Å². The molecule has 126 valence electrons. The van der Waals surface area contributed by atoms with Crippen molar-refractivity contribution in [2.24, 2.45) is 0 Å². The average Bonchev–Trinajstić information content (AvgIpc) is 2.52. The highest BCUT2D eigenvalue weighted by atomic mass is 35.5. The molecule has 0 bridgehead atoms. The molecule has 1 aliphatic heterocycles. The summed E-state index contributed by atoms with van der Waals surface area (Å²) in [5.41, 5.74) is -0.350. The van der Waals surface area contributed by atoms with Gasteiger partial charge in [-0.3, -0.25) is 4.90 Å².